The average molecular weight is 244 g/mol. The average Bonchev–Trinajstić information content (AvgIpc) is 2.75. The van der Waals surface area contributed by atoms with Crippen LogP contribution in [0.3, 0.4) is 0 Å². The molecule has 4 heteroatoms. The second-order valence-corrected chi connectivity index (χ2v) is 4.24. The van der Waals surface area contributed by atoms with Crippen LogP contribution < -0.4 is 4.74 Å². The van der Waals surface area contributed by atoms with Gasteiger partial charge in [0.15, 0.2) is 5.78 Å². The van der Waals surface area contributed by atoms with Crippen LogP contribution in [0.1, 0.15) is 21.7 Å². The third-order valence-corrected chi connectivity index (χ3v) is 2.96. The number of ketones is 1. The lowest BCUT2D eigenvalue weighted by Gasteiger charge is -2.07. The van der Waals surface area contributed by atoms with Crippen molar-refractivity contribution >= 4 is 5.78 Å². The number of methoxy groups -OCH3 is 1. The number of Topliss-reactive ketones (excluding diaryl/α,β-unsaturated/α-hetero) is 1. The van der Waals surface area contributed by atoms with E-state index in [0.717, 1.165) is 17.1 Å². The van der Waals surface area contributed by atoms with E-state index >= 15 is 0 Å². The molecule has 0 atom stereocenters. The van der Waals surface area contributed by atoms with E-state index in [0.29, 0.717) is 12.0 Å². The Bertz CT molecular complexity index is 573. The zero-order chi connectivity index (χ0) is 13.1. The molecule has 0 bridgehead atoms. The Morgan fingerprint density at radius 3 is 2.78 bits per heavy atom. The lowest BCUT2D eigenvalue weighted by Crippen LogP contribution is -2.08. The summed E-state index contributed by atoms with van der Waals surface area (Å²) in [7, 11) is 3.51. The Balaban J connectivity index is 2.19. The molecule has 0 aliphatic rings. The lowest BCUT2D eigenvalue weighted by molar-refractivity contribution is 0.0990. The van der Waals surface area contributed by atoms with Crippen molar-refractivity contribution in [2.45, 2.75) is 13.3 Å². The molecule has 1 heterocycles. The van der Waals surface area contributed by atoms with Gasteiger partial charge in [-0.15, -0.1) is 0 Å². The molecule has 0 radical (unpaired) electrons. The van der Waals surface area contributed by atoms with Crippen molar-refractivity contribution in [3.05, 3.63) is 47.5 Å². The van der Waals surface area contributed by atoms with Gasteiger partial charge in [-0.1, -0.05) is 0 Å². The number of imidazole rings is 1. The molecule has 0 fully saturated rings. The second-order valence-electron chi connectivity index (χ2n) is 4.24. The highest BCUT2D eigenvalue weighted by Gasteiger charge is 2.11. The van der Waals surface area contributed by atoms with Crippen LogP contribution in [0.2, 0.25) is 0 Å². The number of aryl methyl sites for hydroxylation is 2. The van der Waals surface area contributed by atoms with Crippen molar-refractivity contribution in [2.24, 2.45) is 7.05 Å². The van der Waals surface area contributed by atoms with Crippen LogP contribution in [0.15, 0.2) is 30.6 Å². The van der Waals surface area contributed by atoms with Crippen molar-refractivity contribution in [1.82, 2.24) is 9.55 Å². The highest BCUT2D eigenvalue weighted by Crippen LogP contribution is 2.19. The van der Waals surface area contributed by atoms with E-state index in [1.54, 1.807) is 19.4 Å². The Kier molecular flexibility index (Phi) is 3.46. The molecule has 0 aliphatic heterocycles. The summed E-state index contributed by atoms with van der Waals surface area (Å²) in [6, 6.07) is 5.46. The van der Waals surface area contributed by atoms with Gasteiger partial charge in [-0.05, 0) is 30.7 Å². The first-order chi connectivity index (χ1) is 8.61. The molecule has 0 spiro atoms. The third kappa shape index (κ3) is 2.42. The maximum atomic E-state index is 12.1. The van der Waals surface area contributed by atoms with E-state index in [1.165, 1.54) is 0 Å². The number of carbonyl (C=O) groups excluding carboxylic acids is 1. The normalized spacial score (nSPS) is 10.4. The van der Waals surface area contributed by atoms with E-state index in [9.17, 15) is 4.79 Å². The topological polar surface area (TPSA) is 44.1 Å². The summed E-state index contributed by atoms with van der Waals surface area (Å²) in [6.45, 7) is 1.93. The van der Waals surface area contributed by atoms with Crippen LogP contribution in [0.5, 0.6) is 5.75 Å². The van der Waals surface area contributed by atoms with Crippen molar-refractivity contribution in [1.29, 1.82) is 0 Å². The molecule has 0 amide bonds. The first kappa shape index (κ1) is 12.4. The number of carbonyl (C=O) groups is 1. The predicted molar refractivity (Wildman–Crippen MR) is 69.0 cm³/mol. The molecule has 1 aromatic heterocycles. The molecule has 0 aliphatic carbocycles. The summed E-state index contributed by atoms with van der Waals surface area (Å²) in [5, 5.41) is 0. The highest BCUT2D eigenvalue weighted by atomic mass is 16.5. The fourth-order valence-corrected chi connectivity index (χ4v) is 1.86. The molecule has 94 valence electrons. The minimum Gasteiger partial charge on any atom is -0.496 e. The van der Waals surface area contributed by atoms with E-state index in [-0.39, 0.29) is 5.78 Å². The van der Waals surface area contributed by atoms with Gasteiger partial charge in [0, 0.05) is 25.0 Å². The van der Waals surface area contributed by atoms with Crippen molar-refractivity contribution in [3.63, 3.8) is 0 Å². The fraction of sp³-hybridized carbons (Fsp3) is 0.286. The molecule has 0 saturated carbocycles. The van der Waals surface area contributed by atoms with Gasteiger partial charge in [-0.3, -0.25) is 4.79 Å². The summed E-state index contributed by atoms with van der Waals surface area (Å²) in [5.74, 6) is 1.63. The minimum atomic E-state index is 0.0649. The zero-order valence-electron chi connectivity index (χ0n) is 10.8. The lowest BCUT2D eigenvalue weighted by atomic mass is 10.0. The molecule has 2 rings (SSSR count). The van der Waals surface area contributed by atoms with Crippen molar-refractivity contribution in [3.8, 4) is 5.75 Å². The molecule has 4 nitrogen and oxygen atoms in total. The number of rotatable bonds is 4. The van der Waals surface area contributed by atoms with Crippen LogP contribution in [-0.2, 0) is 13.5 Å². The molecule has 2 aromatic rings. The summed E-state index contributed by atoms with van der Waals surface area (Å²) >= 11 is 0. The van der Waals surface area contributed by atoms with E-state index in [4.69, 9.17) is 4.74 Å². The van der Waals surface area contributed by atoms with Crippen molar-refractivity contribution < 1.29 is 9.53 Å². The van der Waals surface area contributed by atoms with Crippen LogP contribution in [0.4, 0.5) is 0 Å². The summed E-state index contributed by atoms with van der Waals surface area (Å²) < 4.78 is 7.03. The number of benzene rings is 1. The van der Waals surface area contributed by atoms with E-state index in [2.05, 4.69) is 4.98 Å². The van der Waals surface area contributed by atoms with Crippen LogP contribution in [0.25, 0.3) is 0 Å². The van der Waals surface area contributed by atoms with Crippen LogP contribution >= 0.6 is 0 Å². The molecular formula is C14H16N2O2. The first-order valence-electron chi connectivity index (χ1n) is 5.76. The fourth-order valence-electron chi connectivity index (χ4n) is 1.86. The molecular weight excluding hydrogens is 228 g/mol. The SMILES string of the molecule is COc1ccc(C(=O)Cc2nccn2C)cc1C. The van der Waals surface area contributed by atoms with Gasteiger partial charge >= 0.3 is 0 Å². The predicted octanol–water partition coefficient (Wildman–Crippen LogP) is 2.16. The number of ether oxygens (including phenoxy) is 1. The Morgan fingerprint density at radius 2 is 2.22 bits per heavy atom. The summed E-state index contributed by atoms with van der Waals surface area (Å²) in [4.78, 5) is 16.3. The van der Waals surface area contributed by atoms with E-state index in [1.807, 2.05) is 36.9 Å². The van der Waals surface area contributed by atoms with Gasteiger partial charge in [0.2, 0.25) is 0 Å². The Hall–Kier alpha value is -2.10. The third-order valence-electron chi connectivity index (χ3n) is 2.96. The summed E-state index contributed by atoms with van der Waals surface area (Å²) in [6.07, 6.45) is 3.85. The van der Waals surface area contributed by atoms with Crippen LogP contribution in [-0.4, -0.2) is 22.4 Å². The zero-order valence-corrected chi connectivity index (χ0v) is 10.8. The Morgan fingerprint density at radius 1 is 1.44 bits per heavy atom. The highest BCUT2D eigenvalue weighted by molar-refractivity contribution is 5.97. The maximum Gasteiger partial charge on any atom is 0.170 e. The maximum absolute atomic E-state index is 12.1. The van der Waals surface area contributed by atoms with Crippen molar-refractivity contribution in [2.75, 3.05) is 7.11 Å². The number of hydrogen-bond donors (Lipinski definition) is 0. The molecule has 0 N–H and O–H groups in total. The second kappa shape index (κ2) is 5.04. The van der Waals surface area contributed by atoms with Crippen LogP contribution in [0, 0.1) is 6.92 Å². The number of hydrogen-bond acceptors (Lipinski definition) is 3. The standard InChI is InChI=1S/C14H16N2O2/c1-10-8-11(4-5-13(10)18-3)12(17)9-14-15-6-7-16(14)2/h4-8H,9H2,1-3H3. The molecule has 18 heavy (non-hydrogen) atoms. The largest absolute Gasteiger partial charge is 0.496 e. The number of nitrogens with zero attached hydrogens (tertiary/aromatic N) is 2. The first-order valence-corrected chi connectivity index (χ1v) is 5.76. The molecule has 0 saturated heterocycles. The van der Waals surface area contributed by atoms with Gasteiger partial charge in [-0.2, -0.15) is 0 Å². The van der Waals surface area contributed by atoms with Gasteiger partial charge in [0.25, 0.3) is 0 Å². The number of aromatic nitrogens is 2. The monoisotopic (exact) mass is 244 g/mol. The quantitative estimate of drug-likeness (QED) is 0.774. The smallest absolute Gasteiger partial charge is 0.170 e. The van der Waals surface area contributed by atoms with Gasteiger partial charge < -0.3 is 9.30 Å². The molecule has 0 unspecified atom stereocenters. The minimum absolute atomic E-state index is 0.0649. The summed E-state index contributed by atoms with van der Waals surface area (Å²) in [5.41, 5.74) is 1.65. The van der Waals surface area contributed by atoms with E-state index < -0.39 is 0 Å². The molecule has 1 aromatic carbocycles. The van der Waals surface area contributed by atoms with Gasteiger partial charge in [0.1, 0.15) is 11.6 Å². The van der Waals surface area contributed by atoms with Gasteiger partial charge in [0.05, 0.1) is 13.5 Å². The van der Waals surface area contributed by atoms with Gasteiger partial charge in [-0.25, -0.2) is 4.98 Å². The Labute approximate surface area is 106 Å².